The van der Waals surface area contributed by atoms with Gasteiger partial charge in [-0.3, -0.25) is 0 Å². The Hall–Kier alpha value is -7.88. The highest BCUT2D eigenvalue weighted by Crippen LogP contribution is 2.54. The molecule has 0 unspecified atom stereocenters. The standard InChI is InChI=1S/C67H55BN2/c1-42-38-59-63-60(39-42)70(65-54-33-21-17-29-50(54)48-27-15-19-31-52(48)62(65)44-24-12-9-13-25-44)58-37-35-46(67(5,6)7)41-56(58)68(63)55-40-45(66(2,3)4)34-36-57(55)69(59)64-53-32-20-16-28-49(53)47-26-14-18-30-51(47)61(64)43-22-10-8-11-23-43/h8-41H,1-7H3. The lowest BCUT2D eigenvalue weighted by atomic mass is 9.33. The first-order chi connectivity index (χ1) is 34.0. The summed E-state index contributed by atoms with van der Waals surface area (Å²) in [5.41, 5.74) is 19.9. The molecule has 3 heteroatoms. The monoisotopic (exact) mass is 898 g/mol. The van der Waals surface area contributed by atoms with Crippen molar-refractivity contribution in [1.29, 1.82) is 0 Å². The Morgan fingerprint density at radius 3 is 1.03 bits per heavy atom. The van der Waals surface area contributed by atoms with Gasteiger partial charge in [0.25, 0.3) is 6.71 Å². The van der Waals surface area contributed by atoms with E-state index in [1.165, 1.54) is 133 Å². The average molecular weight is 899 g/mol. The molecule has 2 aliphatic heterocycles. The third-order valence-corrected chi connectivity index (χ3v) is 15.3. The number of rotatable bonds is 4. The molecule has 0 saturated heterocycles. The Morgan fingerprint density at radius 2 is 0.657 bits per heavy atom. The Morgan fingerprint density at radius 1 is 0.329 bits per heavy atom. The summed E-state index contributed by atoms with van der Waals surface area (Å²) in [6, 6.07) is 78.2. The minimum Gasteiger partial charge on any atom is -0.310 e. The molecule has 2 nitrogen and oxygen atoms in total. The summed E-state index contributed by atoms with van der Waals surface area (Å²) >= 11 is 0. The zero-order valence-electron chi connectivity index (χ0n) is 41.1. The molecule has 13 rings (SSSR count). The van der Waals surface area contributed by atoms with E-state index in [1.807, 2.05) is 0 Å². The van der Waals surface area contributed by atoms with Crippen molar-refractivity contribution in [3.05, 3.63) is 223 Å². The van der Waals surface area contributed by atoms with Crippen molar-refractivity contribution >= 4 is 100 Å². The highest BCUT2D eigenvalue weighted by Gasteiger charge is 2.46. The first-order valence-electron chi connectivity index (χ1n) is 25.0. The van der Waals surface area contributed by atoms with Gasteiger partial charge < -0.3 is 9.80 Å². The minimum absolute atomic E-state index is 0.0495. The van der Waals surface area contributed by atoms with E-state index in [0.717, 1.165) is 0 Å². The summed E-state index contributed by atoms with van der Waals surface area (Å²) in [6.07, 6.45) is 0. The van der Waals surface area contributed by atoms with Gasteiger partial charge in [0, 0.05) is 44.6 Å². The predicted octanol–water partition coefficient (Wildman–Crippen LogP) is 16.6. The van der Waals surface area contributed by atoms with Crippen LogP contribution in [0.15, 0.2) is 206 Å². The minimum atomic E-state index is -0.0769. The molecule has 70 heavy (non-hydrogen) atoms. The Bertz CT molecular complexity index is 3680. The Kier molecular flexibility index (Phi) is 9.40. The third kappa shape index (κ3) is 6.34. The van der Waals surface area contributed by atoms with Gasteiger partial charge in [-0.15, -0.1) is 0 Å². The predicted molar refractivity (Wildman–Crippen MR) is 303 cm³/mol. The van der Waals surface area contributed by atoms with Gasteiger partial charge in [0.15, 0.2) is 0 Å². The number of nitrogens with zero attached hydrogens (tertiary/aromatic N) is 2. The van der Waals surface area contributed by atoms with Crippen molar-refractivity contribution < 1.29 is 0 Å². The number of benzene rings is 11. The van der Waals surface area contributed by atoms with Crippen LogP contribution in [-0.2, 0) is 10.8 Å². The van der Waals surface area contributed by atoms with Crippen LogP contribution in [0.2, 0.25) is 0 Å². The average Bonchev–Trinajstić information content (AvgIpc) is 3.37. The number of anilines is 6. The van der Waals surface area contributed by atoms with E-state index in [9.17, 15) is 0 Å². The SMILES string of the molecule is Cc1cc2c3c(c1)N(c1c(-c4ccccc4)c4ccccc4c4ccccc14)c1ccc(C(C)(C)C)cc1B3c1cc(C(C)(C)C)ccc1N2c1c(-c2ccccc2)c2ccccc2c2ccccc12. The van der Waals surface area contributed by atoms with E-state index in [1.54, 1.807) is 0 Å². The van der Waals surface area contributed by atoms with Gasteiger partial charge in [-0.05, 0) is 119 Å². The molecule has 0 saturated carbocycles. The maximum absolute atomic E-state index is 2.68. The van der Waals surface area contributed by atoms with Crippen LogP contribution in [0.1, 0.15) is 58.2 Å². The lowest BCUT2D eigenvalue weighted by molar-refractivity contribution is 0.590. The van der Waals surface area contributed by atoms with Crippen LogP contribution < -0.4 is 26.2 Å². The largest absolute Gasteiger partial charge is 0.310 e. The lowest BCUT2D eigenvalue weighted by Gasteiger charge is -2.46. The highest BCUT2D eigenvalue weighted by atomic mass is 15.2. The van der Waals surface area contributed by atoms with Crippen LogP contribution in [0.4, 0.5) is 34.1 Å². The van der Waals surface area contributed by atoms with Crippen LogP contribution in [0.25, 0.3) is 65.3 Å². The summed E-state index contributed by atoms with van der Waals surface area (Å²) in [5.74, 6) is 0. The van der Waals surface area contributed by atoms with E-state index in [0.29, 0.717) is 0 Å². The van der Waals surface area contributed by atoms with E-state index < -0.39 is 0 Å². The fraction of sp³-hybridized carbons (Fsp3) is 0.134. The molecule has 2 aliphatic rings. The molecule has 0 N–H and O–H groups in total. The summed E-state index contributed by atoms with van der Waals surface area (Å²) in [4.78, 5) is 5.35. The van der Waals surface area contributed by atoms with Crippen LogP contribution in [-0.4, -0.2) is 6.71 Å². The number of aryl methyl sites for hydroxylation is 1. The van der Waals surface area contributed by atoms with Crippen molar-refractivity contribution in [1.82, 2.24) is 0 Å². The smallest absolute Gasteiger partial charge is 0.252 e. The van der Waals surface area contributed by atoms with E-state index in [4.69, 9.17) is 0 Å². The van der Waals surface area contributed by atoms with Crippen LogP contribution >= 0.6 is 0 Å². The van der Waals surface area contributed by atoms with Crippen molar-refractivity contribution in [3.8, 4) is 22.3 Å². The molecule has 11 aromatic carbocycles. The van der Waals surface area contributed by atoms with Gasteiger partial charge in [-0.2, -0.15) is 0 Å². The van der Waals surface area contributed by atoms with Crippen molar-refractivity contribution in [2.75, 3.05) is 9.80 Å². The van der Waals surface area contributed by atoms with Crippen molar-refractivity contribution in [2.24, 2.45) is 0 Å². The first kappa shape index (κ1) is 42.2. The van der Waals surface area contributed by atoms with Gasteiger partial charge >= 0.3 is 0 Å². The zero-order valence-corrected chi connectivity index (χ0v) is 41.1. The lowest BCUT2D eigenvalue weighted by Crippen LogP contribution is -2.61. The third-order valence-electron chi connectivity index (χ3n) is 15.3. The van der Waals surface area contributed by atoms with E-state index in [-0.39, 0.29) is 17.5 Å². The second-order valence-corrected chi connectivity index (χ2v) is 21.7. The molecule has 0 fully saturated rings. The van der Waals surface area contributed by atoms with Gasteiger partial charge in [0.1, 0.15) is 0 Å². The fourth-order valence-electron chi connectivity index (χ4n) is 12.1. The molecular weight excluding hydrogens is 844 g/mol. The zero-order chi connectivity index (χ0) is 47.6. The molecule has 0 aliphatic carbocycles. The first-order valence-corrected chi connectivity index (χ1v) is 25.0. The molecule has 0 spiro atoms. The second kappa shape index (κ2) is 15.6. The molecular formula is C67H55BN2. The van der Waals surface area contributed by atoms with Crippen LogP contribution in [0.5, 0.6) is 0 Å². The van der Waals surface area contributed by atoms with E-state index >= 15 is 0 Å². The normalized spacial score (nSPS) is 13.3. The Labute approximate surface area is 412 Å². The van der Waals surface area contributed by atoms with Gasteiger partial charge in [-0.25, -0.2) is 0 Å². The number of fused-ring (bicyclic) bond motifs is 10. The van der Waals surface area contributed by atoms with Crippen molar-refractivity contribution in [3.63, 3.8) is 0 Å². The number of hydrogen-bond acceptors (Lipinski definition) is 2. The van der Waals surface area contributed by atoms with Gasteiger partial charge in [0.2, 0.25) is 0 Å². The molecule has 336 valence electrons. The van der Waals surface area contributed by atoms with Crippen molar-refractivity contribution in [2.45, 2.75) is 59.3 Å². The van der Waals surface area contributed by atoms with Gasteiger partial charge in [-0.1, -0.05) is 224 Å². The second-order valence-electron chi connectivity index (χ2n) is 21.7. The fourth-order valence-corrected chi connectivity index (χ4v) is 12.1. The van der Waals surface area contributed by atoms with Gasteiger partial charge in [0.05, 0.1) is 11.4 Å². The maximum atomic E-state index is 2.68. The summed E-state index contributed by atoms with van der Waals surface area (Å²) in [6.45, 7) is 16.4. The Balaban J connectivity index is 1.24. The highest BCUT2D eigenvalue weighted by molar-refractivity contribution is 7.00. The molecule has 2 heterocycles. The molecule has 0 amide bonds. The number of hydrogen-bond donors (Lipinski definition) is 0. The molecule has 0 bridgehead atoms. The van der Waals surface area contributed by atoms with Crippen LogP contribution in [0.3, 0.4) is 0 Å². The molecule has 11 aromatic rings. The molecule has 0 aromatic heterocycles. The molecule has 0 radical (unpaired) electrons. The maximum Gasteiger partial charge on any atom is 0.252 e. The molecule has 0 atom stereocenters. The topological polar surface area (TPSA) is 6.48 Å². The summed E-state index contributed by atoms with van der Waals surface area (Å²) in [5, 5.41) is 9.98. The quantitative estimate of drug-likeness (QED) is 0.128. The summed E-state index contributed by atoms with van der Waals surface area (Å²) in [7, 11) is 0. The van der Waals surface area contributed by atoms with E-state index in [2.05, 4.69) is 265 Å². The summed E-state index contributed by atoms with van der Waals surface area (Å²) < 4.78 is 0. The van der Waals surface area contributed by atoms with Crippen LogP contribution in [0, 0.1) is 6.92 Å².